The quantitative estimate of drug-likeness (QED) is 0.924. The molecule has 0 spiro atoms. The van der Waals surface area contributed by atoms with Gasteiger partial charge >= 0.3 is 0 Å². The average molecular weight is 326 g/mol. The zero-order chi connectivity index (χ0) is 16.5. The molecular weight excluding hydrogens is 300 g/mol. The second-order valence-corrected chi connectivity index (χ2v) is 9.40. The zero-order valence-corrected chi connectivity index (χ0v) is 14.6. The summed E-state index contributed by atoms with van der Waals surface area (Å²) in [5.74, 6) is 0.539. The number of ether oxygens (including phenoxy) is 1. The molecule has 0 bridgehead atoms. The van der Waals surface area contributed by atoms with Crippen LogP contribution in [0.2, 0.25) is 0 Å². The van der Waals surface area contributed by atoms with E-state index >= 15 is 0 Å². The molecule has 1 aliphatic carbocycles. The summed E-state index contributed by atoms with van der Waals surface area (Å²) in [6, 6.07) is 7.09. The lowest BCUT2D eigenvalue weighted by atomic mass is 9.71. The van der Waals surface area contributed by atoms with Crippen LogP contribution in [0.3, 0.4) is 0 Å². The van der Waals surface area contributed by atoms with Crippen LogP contribution in [-0.4, -0.2) is 32.0 Å². The number of hydrogen-bond acceptors (Lipinski definition) is 4. The Morgan fingerprint density at radius 2 is 2.00 bits per heavy atom. The van der Waals surface area contributed by atoms with Gasteiger partial charge in [-0.1, -0.05) is 32.9 Å². The highest BCUT2D eigenvalue weighted by Crippen LogP contribution is 2.42. The van der Waals surface area contributed by atoms with E-state index in [0.29, 0.717) is 17.7 Å². The normalized spacial score (nSPS) is 28.3. The highest BCUT2D eigenvalue weighted by Gasteiger charge is 2.45. The molecule has 124 valence electrons. The molecule has 22 heavy (non-hydrogen) atoms. The van der Waals surface area contributed by atoms with Gasteiger partial charge in [-0.3, -0.25) is 0 Å². The third-order valence-corrected chi connectivity index (χ3v) is 6.84. The second kappa shape index (κ2) is 6.20. The van der Waals surface area contributed by atoms with Gasteiger partial charge in [-0.15, -0.1) is 0 Å². The van der Waals surface area contributed by atoms with Gasteiger partial charge in [-0.05, 0) is 41.9 Å². The molecule has 2 rings (SSSR count). The van der Waals surface area contributed by atoms with E-state index in [-0.39, 0.29) is 17.1 Å². The summed E-state index contributed by atoms with van der Waals surface area (Å²) in [5.41, 5.74) is 0.685. The van der Waals surface area contributed by atoms with Crippen molar-refractivity contribution in [3.05, 3.63) is 29.8 Å². The third-order valence-electron chi connectivity index (χ3n) is 4.49. The summed E-state index contributed by atoms with van der Waals surface area (Å²) >= 11 is 0. The van der Waals surface area contributed by atoms with E-state index in [1.807, 2.05) is 6.92 Å². The van der Waals surface area contributed by atoms with Crippen molar-refractivity contribution in [2.24, 2.45) is 11.3 Å². The molecule has 4 nitrogen and oxygen atoms in total. The van der Waals surface area contributed by atoms with E-state index < -0.39 is 21.2 Å². The van der Waals surface area contributed by atoms with Crippen LogP contribution in [0.4, 0.5) is 0 Å². The fourth-order valence-corrected chi connectivity index (χ4v) is 6.03. The van der Waals surface area contributed by atoms with E-state index in [2.05, 4.69) is 13.8 Å². The molecule has 1 aromatic carbocycles. The summed E-state index contributed by atoms with van der Waals surface area (Å²) in [5, 5.41) is 9.70. The predicted octanol–water partition coefficient (Wildman–Crippen LogP) is 2.80. The molecule has 0 heterocycles. The molecule has 0 saturated heterocycles. The van der Waals surface area contributed by atoms with Crippen molar-refractivity contribution in [3.8, 4) is 5.75 Å². The first-order valence-corrected chi connectivity index (χ1v) is 9.39. The van der Waals surface area contributed by atoms with E-state index in [1.165, 1.54) is 0 Å². The van der Waals surface area contributed by atoms with Gasteiger partial charge in [0, 0.05) is 0 Å². The lowest BCUT2D eigenvalue weighted by Gasteiger charge is -2.42. The van der Waals surface area contributed by atoms with Crippen molar-refractivity contribution < 1.29 is 18.3 Å². The maximum absolute atomic E-state index is 12.8. The Bertz CT molecular complexity index is 607. The van der Waals surface area contributed by atoms with Gasteiger partial charge in [0.2, 0.25) is 0 Å². The number of sulfone groups is 1. The van der Waals surface area contributed by atoms with Gasteiger partial charge in [0.1, 0.15) is 5.75 Å². The number of benzene rings is 1. The molecule has 0 aromatic heterocycles. The Morgan fingerprint density at radius 3 is 2.59 bits per heavy atom. The smallest absolute Gasteiger partial charge is 0.160 e. The molecule has 1 N–H and O–H groups in total. The van der Waals surface area contributed by atoms with Crippen LogP contribution in [-0.2, 0) is 15.6 Å². The predicted molar refractivity (Wildman–Crippen MR) is 87.6 cm³/mol. The minimum atomic E-state index is -3.42. The van der Waals surface area contributed by atoms with Crippen LogP contribution in [0.1, 0.15) is 39.2 Å². The van der Waals surface area contributed by atoms with Gasteiger partial charge in [-0.2, -0.15) is 0 Å². The number of aliphatic hydroxyl groups excluding tert-OH is 1. The standard InChI is InChI=1S/C17H26O4S/c1-12-9-17(2,3)10-15(18)16(12)22(19,20)11-13-6-5-7-14(8-13)21-4/h5-8,12,15-16,18H,9-11H2,1-4H3/t12-,15-,16-/m0/s1. The molecule has 5 heteroatoms. The minimum Gasteiger partial charge on any atom is -0.497 e. The van der Waals surface area contributed by atoms with Crippen molar-refractivity contribution >= 4 is 9.84 Å². The number of rotatable bonds is 4. The van der Waals surface area contributed by atoms with Crippen molar-refractivity contribution in [2.75, 3.05) is 7.11 Å². The van der Waals surface area contributed by atoms with Gasteiger partial charge in [0.15, 0.2) is 9.84 Å². The van der Waals surface area contributed by atoms with E-state index in [9.17, 15) is 13.5 Å². The Labute approximate surface area is 133 Å². The molecule has 0 radical (unpaired) electrons. The molecule has 0 aliphatic heterocycles. The van der Waals surface area contributed by atoms with Crippen LogP contribution in [0.5, 0.6) is 5.75 Å². The Balaban J connectivity index is 2.22. The van der Waals surface area contributed by atoms with Crippen LogP contribution in [0, 0.1) is 11.3 Å². The molecule has 1 aromatic rings. The third kappa shape index (κ3) is 3.82. The lowest BCUT2D eigenvalue weighted by Crippen LogP contribution is -2.47. The highest BCUT2D eigenvalue weighted by molar-refractivity contribution is 7.91. The lowest BCUT2D eigenvalue weighted by molar-refractivity contribution is 0.0432. The Kier molecular flexibility index (Phi) is 4.87. The summed E-state index contributed by atoms with van der Waals surface area (Å²) in [4.78, 5) is 0. The SMILES string of the molecule is COc1cccc(CS(=O)(=O)[C@H]2[C@@H](C)CC(C)(C)C[C@@H]2O)c1. The van der Waals surface area contributed by atoms with Gasteiger partial charge in [0.05, 0.1) is 24.2 Å². The first-order valence-electron chi connectivity index (χ1n) is 7.67. The monoisotopic (exact) mass is 326 g/mol. The molecule has 1 saturated carbocycles. The molecule has 1 fully saturated rings. The second-order valence-electron chi connectivity index (χ2n) is 7.24. The van der Waals surface area contributed by atoms with E-state index in [4.69, 9.17) is 4.74 Å². The summed E-state index contributed by atoms with van der Waals surface area (Å²) < 4.78 is 30.7. The minimum absolute atomic E-state index is 0.0131. The molecule has 3 atom stereocenters. The molecular formula is C17H26O4S. The highest BCUT2D eigenvalue weighted by atomic mass is 32.2. The summed E-state index contributed by atoms with van der Waals surface area (Å²) in [7, 11) is -1.86. The first kappa shape index (κ1) is 17.3. The molecule has 0 amide bonds. The van der Waals surface area contributed by atoms with Gasteiger partial charge in [0.25, 0.3) is 0 Å². The maximum atomic E-state index is 12.8. The van der Waals surface area contributed by atoms with Crippen molar-refractivity contribution in [1.29, 1.82) is 0 Å². The summed E-state index contributed by atoms with van der Waals surface area (Å²) in [6.07, 6.45) is 0.542. The first-order chi connectivity index (χ1) is 10.1. The fraction of sp³-hybridized carbons (Fsp3) is 0.647. The van der Waals surface area contributed by atoms with Gasteiger partial charge in [-0.25, -0.2) is 8.42 Å². The Hall–Kier alpha value is -1.07. The van der Waals surface area contributed by atoms with Crippen LogP contribution in [0.25, 0.3) is 0 Å². The number of methoxy groups -OCH3 is 1. The summed E-state index contributed by atoms with van der Waals surface area (Å²) in [6.45, 7) is 6.09. The van der Waals surface area contributed by atoms with Crippen molar-refractivity contribution in [3.63, 3.8) is 0 Å². The van der Waals surface area contributed by atoms with E-state index in [0.717, 1.165) is 6.42 Å². The van der Waals surface area contributed by atoms with Crippen LogP contribution in [0.15, 0.2) is 24.3 Å². The number of aliphatic hydroxyl groups is 1. The molecule has 0 unspecified atom stereocenters. The average Bonchev–Trinajstić information content (AvgIpc) is 2.35. The van der Waals surface area contributed by atoms with E-state index in [1.54, 1.807) is 31.4 Å². The maximum Gasteiger partial charge on any atom is 0.160 e. The van der Waals surface area contributed by atoms with Crippen LogP contribution >= 0.6 is 0 Å². The number of hydrogen-bond donors (Lipinski definition) is 1. The Morgan fingerprint density at radius 1 is 1.32 bits per heavy atom. The van der Waals surface area contributed by atoms with Gasteiger partial charge < -0.3 is 9.84 Å². The van der Waals surface area contributed by atoms with Crippen molar-refractivity contribution in [1.82, 2.24) is 0 Å². The largest absolute Gasteiger partial charge is 0.497 e. The molecule has 1 aliphatic rings. The van der Waals surface area contributed by atoms with Crippen molar-refractivity contribution in [2.45, 2.75) is 50.7 Å². The fourth-order valence-electron chi connectivity index (χ4n) is 3.82. The topological polar surface area (TPSA) is 63.6 Å². The van der Waals surface area contributed by atoms with Crippen LogP contribution < -0.4 is 4.74 Å². The zero-order valence-electron chi connectivity index (χ0n) is 13.7.